The van der Waals surface area contributed by atoms with Gasteiger partial charge in [0.2, 0.25) is 0 Å². The number of halogens is 3. The van der Waals surface area contributed by atoms with Crippen molar-refractivity contribution in [1.82, 2.24) is 9.78 Å². The number of ether oxygens (including phenoxy) is 1. The first-order valence-electron chi connectivity index (χ1n) is 8.87. The number of aromatic nitrogens is 2. The Hall–Kier alpha value is -2.76. The van der Waals surface area contributed by atoms with Crippen LogP contribution in [0.4, 0.5) is 13.2 Å². The highest BCUT2D eigenvalue weighted by Gasteiger charge is 2.33. The van der Waals surface area contributed by atoms with Crippen LogP contribution in [0, 0.1) is 0 Å². The highest BCUT2D eigenvalue weighted by Crippen LogP contribution is 2.27. The van der Waals surface area contributed by atoms with Gasteiger partial charge in [0.1, 0.15) is 5.75 Å². The second kappa shape index (κ2) is 8.75. The Balaban J connectivity index is 1.41. The Kier molecular flexibility index (Phi) is 6.16. The van der Waals surface area contributed by atoms with Crippen molar-refractivity contribution in [3.8, 4) is 5.75 Å². The Labute approximate surface area is 156 Å². The molecule has 0 unspecified atom stereocenters. The van der Waals surface area contributed by atoms with Crippen LogP contribution < -0.4 is 4.74 Å². The molecule has 1 heterocycles. The third-order valence-corrected chi connectivity index (χ3v) is 4.21. The van der Waals surface area contributed by atoms with E-state index >= 15 is 0 Å². The molecule has 142 valence electrons. The van der Waals surface area contributed by atoms with Gasteiger partial charge in [-0.2, -0.15) is 18.3 Å². The molecule has 0 saturated carbocycles. The zero-order chi connectivity index (χ0) is 19.1. The second-order valence-electron chi connectivity index (χ2n) is 6.29. The van der Waals surface area contributed by atoms with Crippen LogP contribution in [-0.4, -0.2) is 16.4 Å². The van der Waals surface area contributed by atoms with Gasteiger partial charge in [0.05, 0.1) is 6.61 Å². The predicted octanol–water partition coefficient (Wildman–Crippen LogP) is 5.16. The van der Waals surface area contributed by atoms with Crippen LogP contribution in [0.15, 0.2) is 66.9 Å². The van der Waals surface area contributed by atoms with E-state index in [1.165, 1.54) is 16.4 Å². The Morgan fingerprint density at radius 2 is 1.56 bits per heavy atom. The Bertz CT molecular complexity index is 827. The molecule has 6 heteroatoms. The van der Waals surface area contributed by atoms with Crippen LogP contribution in [0.5, 0.6) is 5.75 Å². The number of benzene rings is 2. The number of alkyl halides is 3. The van der Waals surface area contributed by atoms with Crippen molar-refractivity contribution >= 4 is 0 Å². The van der Waals surface area contributed by atoms with Gasteiger partial charge >= 0.3 is 6.18 Å². The van der Waals surface area contributed by atoms with Crippen molar-refractivity contribution < 1.29 is 17.9 Å². The van der Waals surface area contributed by atoms with E-state index in [1.54, 1.807) is 0 Å². The van der Waals surface area contributed by atoms with Crippen molar-refractivity contribution in [3.63, 3.8) is 0 Å². The molecular formula is C21H21F3N2O. The standard InChI is InChI=1S/C21H21F3N2O/c22-21(23,24)20-13-15-26(25-20)14-12-18-8-10-19(11-9-18)27-16-4-7-17-5-2-1-3-6-17/h1-3,5-6,8-11,13,15H,4,7,12,14,16H2. The summed E-state index contributed by atoms with van der Waals surface area (Å²) in [6.07, 6.45) is -0.527. The molecule has 1 aromatic heterocycles. The zero-order valence-corrected chi connectivity index (χ0v) is 14.8. The monoisotopic (exact) mass is 374 g/mol. The minimum absolute atomic E-state index is 0.396. The lowest BCUT2D eigenvalue weighted by Crippen LogP contribution is -2.09. The summed E-state index contributed by atoms with van der Waals surface area (Å²) in [5.41, 5.74) is 1.46. The van der Waals surface area contributed by atoms with E-state index in [1.807, 2.05) is 42.5 Å². The summed E-state index contributed by atoms with van der Waals surface area (Å²) in [6, 6.07) is 18.9. The predicted molar refractivity (Wildman–Crippen MR) is 97.6 cm³/mol. The number of rotatable bonds is 8. The molecule has 3 rings (SSSR count). The van der Waals surface area contributed by atoms with Crippen molar-refractivity contribution in [2.24, 2.45) is 0 Å². The number of nitrogens with zero attached hydrogens (tertiary/aromatic N) is 2. The molecule has 0 fully saturated rings. The van der Waals surface area contributed by atoms with Crippen LogP contribution in [0.1, 0.15) is 23.2 Å². The van der Waals surface area contributed by atoms with E-state index in [4.69, 9.17) is 4.74 Å². The molecule has 3 nitrogen and oxygen atoms in total. The highest BCUT2D eigenvalue weighted by molar-refractivity contribution is 5.27. The van der Waals surface area contributed by atoms with Crippen molar-refractivity contribution in [2.75, 3.05) is 6.61 Å². The lowest BCUT2D eigenvalue weighted by atomic mass is 10.1. The van der Waals surface area contributed by atoms with Gasteiger partial charge in [-0.1, -0.05) is 42.5 Å². The summed E-state index contributed by atoms with van der Waals surface area (Å²) in [7, 11) is 0. The summed E-state index contributed by atoms with van der Waals surface area (Å²) in [5.74, 6) is 0.797. The highest BCUT2D eigenvalue weighted by atomic mass is 19.4. The molecular weight excluding hydrogens is 353 g/mol. The van der Waals surface area contributed by atoms with Gasteiger partial charge in [-0.05, 0) is 48.6 Å². The summed E-state index contributed by atoms with van der Waals surface area (Å²) in [6.45, 7) is 1.04. The molecule has 0 amide bonds. The van der Waals surface area contributed by atoms with Crippen molar-refractivity contribution in [2.45, 2.75) is 32.0 Å². The average Bonchev–Trinajstić information content (AvgIpc) is 3.15. The summed E-state index contributed by atoms with van der Waals surface area (Å²) in [4.78, 5) is 0. The lowest BCUT2D eigenvalue weighted by Gasteiger charge is -2.08. The first kappa shape index (κ1) is 19.0. The van der Waals surface area contributed by atoms with E-state index in [0.29, 0.717) is 19.6 Å². The Morgan fingerprint density at radius 1 is 0.852 bits per heavy atom. The largest absolute Gasteiger partial charge is 0.494 e. The van der Waals surface area contributed by atoms with Crippen LogP contribution in [0.2, 0.25) is 0 Å². The summed E-state index contributed by atoms with van der Waals surface area (Å²) < 4.78 is 44.7. The van der Waals surface area contributed by atoms with Crippen LogP contribution in [0.25, 0.3) is 0 Å². The van der Waals surface area contributed by atoms with Gasteiger partial charge in [0, 0.05) is 12.7 Å². The molecule has 0 N–H and O–H groups in total. The number of hydrogen-bond donors (Lipinski definition) is 0. The smallest absolute Gasteiger partial charge is 0.435 e. The molecule has 0 aliphatic heterocycles. The minimum Gasteiger partial charge on any atom is -0.494 e. The number of aryl methyl sites for hydroxylation is 3. The van der Waals surface area contributed by atoms with Crippen LogP contribution in [-0.2, 0) is 25.6 Å². The third-order valence-electron chi connectivity index (χ3n) is 4.21. The average molecular weight is 374 g/mol. The molecule has 0 saturated heterocycles. The number of hydrogen-bond acceptors (Lipinski definition) is 2. The van der Waals surface area contributed by atoms with Gasteiger partial charge < -0.3 is 4.74 Å². The molecule has 0 radical (unpaired) electrons. The fourth-order valence-electron chi connectivity index (χ4n) is 2.74. The maximum atomic E-state index is 12.5. The first-order chi connectivity index (χ1) is 13.0. The second-order valence-corrected chi connectivity index (χ2v) is 6.29. The van der Waals surface area contributed by atoms with E-state index in [-0.39, 0.29) is 0 Å². The fourth-order valence-corrected chi connectivity index (χ4v) is 2.74. The minimum atomic E-state index is -4.40. The topological polar surface area (TPSA) is 27.1 Å². The lowest BCUT2D eigenvalue weighted by molar-refractivity contribution is -0.141. The van der Waals surface area contributed by atoms with Gasteiger partial charge in [0.25, 0.3) is 0 Å². The normalized spacial score (nSPS) is 11.5. The molecule has 2 aromatic carbocycles. The van der Waals surface area contributed by atoms with Gasteiger partial charge in [-0.25, -0.2) is 0 Å². The molecule has 0 bridgehead atoms. The van der Waals surface area contributed by atoms with E-state index < -0.39 is 11.9 Å². The molecule has 0 aliphatic carbocycles. The fraction of sp³-hybridized carbons (Fsp3) is 0.286. The molecule has 3 aromatic rings. The molecule has 0 spiro atoms. The Morgan fingerprint density at radius 3 is 2.22 bits per heavy atom. The molecule has 27 heavy (non-hydrogen) atoms. The first-order valence-corrected chi connectivity index (χ1v) is 8.87. The van der Waals surface area contributed by atoms with E-state index in [0.717, 1.165) is 30.2 Å². The van der Waals surface area contributed by atoms with Gasteiger partial charge in [0.15, 0.2) is 5.69 Å². The van der Waals surface area contributed by atoms with Crippen molar-refractivity contribution in [3.05, 3.63) is 83.7 Å². The zero-order valence-electron chi connectivity index (χ0n) is 14.8. The summed E-state index contributed by atoms with van der Waals surface area (Å²) in [5, 5.41) is 3.56. The third kappa shape index (κ3) is 5.88. The maximum Gasteiger partial charge on any atom is 0.435 e. The molecule has 0 atom stereocenters. The molecule has 0 aliphatic rings. The van der Waals surface area contributed by atoms with Crippen LogP contribution >= 0.6 is 0 Å². The maximum absolute atomic E-state index is 12.5. The van der Waals surface area contributed by atoms with E-state index in [2.05, 4.69) is 17.2 Å². The SMILES string of the molecule is FC(F)(F)c1ccn(CCc2ccc(OCCCc3ccccc3)cc2)n1. The van der Waals surface area contributed by atoms with E-state index in [9.17, 15) is 13.2 Å². The van der Waals surface area contributed by atoms with Gasteiger partial charge in [-0.15, -0.1) is 0 Å². The van der Waals surface area contributed by atoms with Gasteiger partial charge in [-0.3, -0.25) is 4.68 Å². The van der Waals surface area contributed by atoms with Crippen LogP contribution in [0.3, 0.4) is 0 Å². The quantitative estimate of drug-likeness (QED) is 0.510. The summed E-state index contributed by atoms with van der Waals surface area (Å²) >= 11 is 0. The van der Waals surface area contributed by atoms with Crippen molar-refractivity contribution in [1.29, 1.82) is 0 Å².